The zero-order valence-electron chi connectivity index (χ0n) is 8.98. The van der Waals surface area contributed by atoms with Gasteiger partial charge in [0.2, 0.25) is 0 Å². The summed E-state index contributed by atoms with van der Waals surface area (Å²) in [6, 6.07) is 3.74. The van der Waals surface area contributed by atoms with Crippen LogP contribution in [0.25, 0.3) is 0 Å². The molecule has 0 saturated heterocycles. The summed E-state index contributed by atoms with van der Waals surface area (Å²) in [5.41, 5.74) is 0. The predicted octanol–water partition coefficient (Wildman–Crippen LogP) is 0.942. The van der Waals surface area contributed by atoms with Crippen LogP contribution in [0.2, 0.25) is 0 Å². The van der Waals surface area contributed by atoms with E-state index < -0.39 is 0 Å². The molecule has 0 spiro atoms. The van der Waals surface area contributed by atoms with Crippen molar-refractivity contribution in [3.8, 4) is 0 Å². The number of nitrogens with zero attached hydrogens (tertiary/aromatic N) is 2. The summed E-state index contributed by atoms with van der Waals surface area (Å²) in [7, 11) is 1.67. The fourth-order valence-electron chi connectivity index (χ4n) is 1.03. The average molecular weight is 211 g/mol. The molecule has 0 bridgehead atoms. The SMILES string of the molecule is COCCOCCCNc1cccnn1. The normalized spacial score (nSPS) is 10.2. The van der Waals surface area contributed by atoms with Crippen LogP contribution in [0.5, 0.6) is 0 Å². The molecule has 0 aliphatic carbocycles. The fraction of sp³-hybridized carbons (Fsp3) is 0.600. The Morgan fingerprint density at radius 1 is 1.33 bits per heavy atom. The molecule has 1 rings (SSSR count). The second kappa shape index (κ2) is 8.14. The van der Waals surface area contributed by atoms with Crippen molar-refractivity contribution in [1.29, 1.82) is 0 Å². The molecule has 0 aliphatic heterocycles. The van der Waals surface area contributed by atoms with Crippen LogP contribution >= 0.6 is 0 Å². The first-order valence-electron chi connectivity index (χ1n) is 5.01. The van der Waals surface area contributed by atoms with Gasteiger partial charge in [0.05, 0.1) is 13.2 Å². The quantitative estimate of drug-likeness (QED) is 0.648. The maximum absolute atomic E-state index is 5.31. The summed E-state index contributed by atoms with van der Waals surface area (Å²) < 4.78 is 10.2. The molecular formula is C10H17N3O2. The van der Waals surface area contributed by atoms with Crippen molar-refractivity contribution in [3.63, 3.8) is 0 Å². The van der Waals surface area contributed by atoms with Crippen LogP contribution in [0.3, 0.4) is 0 Å². The third-order valence-corrected chi connectivity index (χ3v) is 1.78. The standard InChI is InChI=1S/C10H17N3O2/c1-14-8-9-15-7-3-5-11-10-4-2-6-12-13-10/h2,4,6H,3,5,7-9H2,1H3,(H,11,13). The summed E-state index contributed by atoms with van der Waals surface area (Å²) in [5, 5.41) is 10.8. The molecule has 15 heavy (non-hydrogen) atoms. The number of aromatic nitrogens is 2. The van der Waals surface area contributed by atoms with E-state index in [-0.39, 0.29) is 0 Å². The van der Waals surface area contributed by atoms with E-state index in [2.05, 4.69) is 15.5 Å². The monoisotopic (exact) mass is 211 g/mol. The van der Waals surface area contributed by atoms with Crippen molar-refractivity contribution >= 4 is 5.82 Å². The molecule has 1 heterocycles. The van der Waals surface area contributed by atoms with E-state index >= 15 is 0 Å². The average Bonchev–Trinajstić information content (AvgIpc) is 2.29. The maximum Gasteiger partial charge on any atom is 0.148 e. The lowest BCUT2D eigenvalue weighted by Crippen LogP contribution is -2.09. The van der Waals surface area contributed by atoms with Crippen molar-refractivity contribution in [2.24, 2.45) is 0 Å². The molecule has 5 nitrogen and oxygen atoms in total. The molecule has 1 N–H and O–H groups in total. The van der Waals surface area contributed by atoms with Gasteiger partial charge in [-0.2, -0.15) is 5.10 Å². The van der Waals surface area contributed by atoms with E-state index in [0.717, 1.165) is 25.4 Å². The molecule has 1 aromatic rings. The Labute approximate surface area is 89.8 Å². The predicted molar refractivity (Wildman–Crippen MR) is 57.8 cm³/mol. The van der Waals surface area contributed by atoms with Gasteiger partial charge in [0.15, 0.2) is 0 Å². The minimum absolute atomic E-state index is 0.650. The van der Waals surface area contributed by atoms with Gasteiger partial charge in [0.1, 0.15) is 5.82 Å². The Bertz CT molecular complexity index is 244. The third-order valence-electron chi connectivity index (χ3n) is 1.78. The highest BCUT2D eigenvalue weighted by Gasteiger charge is 1.92. The van der Waals surface area contributed by atoms with Crippen LogP contribution in [-0.4, -0.2) is 43.7 Å². The smallest absolute Gasteiger partial charge is 0.148 e. The number of ether oxygens (including phenoxy) is 2. The van der Waals surface area contributed by atoms with Crippen molar-refractivity contribution < 1.29 is 9.47 Å². The van der Waals surface area contributed by atoms with Crippen LogP contribution in [0, 0.1) is 0 Å². The van der Waals surface area contributed by atoms with Gasteiger partial charge in [0, 0.05) is 26.5 Å². The molecule has 1 aromatic heterocycles. The van der Waals surface area contributed by atoms with Crippen molar-refractivity contribution in [2.75, 3.05) is 38.8 Å². The molecule has 5 heteroatoms. The van der Waals surface area contributed by atoms with Gasteiger partial charge < -0.3 is 14.8 Å². The zero-order chi connectivity index (χ0) is 10.8. The van der Waals surface area contributed by atoms with Gasteiger partial charge in [0.25, 0.3) is 0 Å². The highest BCUT2D eigenvalue weighted by Crippen LogP contribution is 1.97. The van der Waals surface area contributed by atoms with Gasteiger partial charge in [-0.15, -0.1) is 5.10 Å². The second-order valence-electron chi connectivity index (χ2n) is 2.99. The van der Waals surface area contributed by atoms with E-state index in [0.29, 0.717) is 13.2 Å². The largest absolute Gasteiger partial charge is 0.382 e. The highest BCUT2D eigenvalue weighted by atomic mass is 16.5. The van der Waals surface area contributed by atoms with Crippen LogP contribution in [0.1, 0.15) is 6.42 Å². The Balaban J connectivity index is 1.93. The minimum Gasteiger partial charge on any atom is -0.382 e. The van der Waals surface area contributed by atoms with Crippen LogP contribution in [-0.2, 0) is 9.47 Å². The third kappa shape index (κ3) is 5.98. The Kier molecular flexibility index (Phi) is 6.44. The van der Waals surface area contributed by atoms with Gasteiger partial charge in [-0.05, 0) is 18.6 Å². The summed E-state index contributed by atoms with van der Waals surface area (Å²) >= 11 is 0. The Morgan fingerprint density at radius 2 is 2.27 bits per heavy atom. The number of hydrogen-bond acceptors (Lipinski definition) is 5. The second-order valence-corrected chi connectivity index (χ2v) is 2.99. The molecule has 0 aliphatic rings. The number of anilines is 1. The summed E-state index contributed by atoms with van der Waals surface area (Å²) in [6.45, 7) is 2.88. The number of hydrogen-bond donors (Lipinski definition) is 1. The van der Waals surface area contributed by atoms with Crippen LogP contribution in [0.4, 0.5) is 5.82 Å². The molecule has 0 unspecified atom stereocenters. The Hall–Kier alpha value is -1.20. The Morgan fingerprint density at radius 3 is 3.00 bits per heavy atom. The van der Waals surface area contributed by atoms with Gasteiger partial charge in [-0.25, -0.2) is 0 Å². The zero-order valence-corrected chi connectivity index (χ0v) is 8.98. The van der Waals surface area contributed by atoms with Crippen LogP contribution in [0.15, 0.2) is 18.3 Å². The van der Waals surface area contributed by atoms with E-state index in [1.54, 1.807) is 13.3 Å². The molecule has 0 saturated carbocycles. The summed E-state index contributed by atoms with van der Waals surface area (Å²) in [6.07, 6.45) is 2.60. The van der Waals surface area contributed by atoms with E-state index in [9.17, 15) is 0 Å². The number of methoxy groups -OCH3 is 1. The van der Waals surface area contributed by atoms with Crippen molar-refractivity contribution in [2.45, 2.75) is 6.42 Å². The van der Waals surface area contributed by atoms with E-state index in [1.807, 2.05) is 12.1 Å². The van der Waals surface area contributed by atoms with Gasteiger partial charge in [-0.1, -0.05) is 0 Å². The van der Waals surface area contributed by atoms with E-state index in [1.165, 1.54) is 0 Å². The maximum atomic E-state index is 5.31. The van der Waals surface area contributed by atoms with Gasteiger partial charge >= 0.3 is 0 Å². The molecule has 0 aromatic carbocycles. The first-order chi connectivity index (χ1) is 7.43. The number of nitrogens with one attached hydrogen (secondary N) is 1. The molecular weight excluding hydrogens is 194 g/mol. The number of rotatable bonds is 8. The lowest BCUT2D eigenvalue weighted by molar-refractivity contribution is 0.0705. The fourth-order valence-corrected chi connectivity index (χ4v) is 1.03. The molecule has 84 valence electrons. The minimum atomic E-state index is 0.650. The van der Waals surface area contributed by atoms with E-state index in [4.69, 9.17) is 9.47 Å². The topological polar surface area (TPSA) is 56.3 Å². The van der Waals surface area contributed by atoms with Crippen LogP contribution < -0.4 is 5.32 Å². The molecule has 0 amide bonds. The first-order valence-corrected chi connectivity index (χ1v) is 5.01. The summed E-state index contributed by atoms with van der Waals surface area (Å²) in [5.74, 6) is 0.800. The molecule has 0 radical (unpaired) electrons. The lowest BCUT2D eigenvalue weighted by Gasteiger charge is -2.05. The van der Waals surface area contributed by atoms with Crippen molar-refractivity contribution in [3.05, 3.63) is 18.3 Å². The highest BCUT2D eigenvalue weighted by molar-refractivity contribution is 5.30. The van der Waals surface area contributed by atoms with Crippen molar-refractivity contribution in [1.82, 2.24) is 10.2 Å². The van der Waals surface area contributed by atoms with Gasteiger partial charge in [-0.3, -0.25) is 0 Å². The lowest BCUT2D eigenvalue weighted by atomic mass is 10.4. The first kappa shape index (κ1) is 11.9. The molecule has 0 atom stereocenters. The summed E-state index contributed by atoms with van der Waals surface area (Å²) in [4.78, 5) is 0. The molecule has 0 fully saturated rings.